The van der Waals surface area contributed by atoms with Gasteiger partial charge < -0.3 is 20.5 Å². The van der Waals surface area contributed by atoms with Gasteiger partial charge in [-0.25, -0.2) is 4.98 Å². The van der Waals surface area contributed by atoms with E-state index in [9.17, 15) is 14.7 Å². The third kappa shape index (κ3) is 3.53. The van der Waals surface area contributed by atoms with E-state index in [-0.39, 0.29) is 17.4 Å². The van der Waals surface area contributed by atoms with Crippen LogP contribution in [0.1, 0.15) is 36.0 Å². The molecule has 8 heteroatoms. The maximum atomic E-state index is 12.8. The van der Waals surface area contributed by atoms with Gasteiger partial charge in [0.1, 0.15) is 0 Å². The van der Waals surface area contributed by atoms with Gasteiger partial charge in [0.25, 0.3) is 11.5 Å². The lowest BCUT2D eigenvalue weighted by Crippen LogP contribution is -2.56. The van der Waals surface area contributed by atoms with Crippen LogP contribution in [0, 0.1) is 0 Å². The lowest BCUT2D eigenvalue weighted by molar-refractivity contribution is -0.174. The highest BCUT2D eigenvalue weighted by molar-refractivity contribution is 5.94. The fraction of sp³-hybridized carbons (Fsp3) is 0.450. The van der Waals surface area contributed by atoms with Gasteiger partial charge in [0.2, 0.25) is 5.95 Å². The molecule has 148 valence electrons. The molecule has 2 aromatic rings. The molecule has 1 spiro atoms. The first kappa shape index (κ1) is 18.6. The SMILES string of the molecule is Nc1nc(-c2ccc(C(=O)N3CCC4(CC3)OCCC[C@@H]4O)cc2)cc(=O)[nH]1. The van der Waals surface area contributed by atoms with Crippen LogP contribution in [-0.2, 0) is 4.74 Å². The fourth-order valence-corrected chi connectivity index (χ4v) is 4.07. The third-order valence-electron chi connectivity index (χ3n) is 5.70. The predicted octanol–water partition coefficient (Wildman–Crippen LogP) is 1.17. The molecule has 2 saturated heterocycles. The number of carbonyl (C=O) groups is 1. The van der Waals surface area contributed by atoms with Crippen molar-refractivity contribution in [1.29, 1.82) is 0 Å². The van der Waals surface area contributed by atoms with Gasteiger partial charge in [0.05, 0.1) is 17.4 Å². The molecule has 2 fully saturated rings. The summed E-state index contributed by atoms with van der Waals surface area (Å²) in [6.45, 7) is 1.79. The number of aliphatic hydroxyl groups excluding tert-OH is 1. The number of anilines is 1. The standard InChI is InChI=1S/C20H24N4O4/c21-19-22-15(12-17(26)23-19)13-3-5-14(6-4-13)18(27)24-9-7-20(8-10-24)16(25)2-1-11-28-20/h3-6,12,16,25H,1-2,7-11H2,(H3,21,22,23,26)/t16-/m0/s1. The number of hydrogen-bond donors (Lipinski definition) is 3. The number of ether oxygens (including phenoxy) is 1. The Hall–Kier alpha value is -2.71. The van der Waals surface area contributed by atoms with Crippen molar-refractivity contribution in [3.63, 3.8) is 0 Å². The van der Waals surface area contributed by atoms with Gasteiger partial charge in [0, 0.05) is 36.9 Å². The molecule has 1 amide bonds. The number of rotatable bonds is 2. The molecule has 0 aliphatic carbocycles. The lowest BCUT2D eigenvalue weighted by atomic mass is 9.82. The summed E-state index contributed by atoms with van der Waals surface area (Å²) in [5, 5.41) is 10.3. The number of nitrogens with zero attached hydrogens (tertiary/aromatic N) is 2. The van der Waals surface area contributed by atoms with Gasteiger partial charge >= 0.3 is 0 Å². The van der Waals surface area contributed by atoms with Crippen molar-refractivity contribution in [2.45, 2.75) is 37.4 Å². The number of piperidine rings is 1. The smallest absolute Gasteiger partial charge is 0.253 e. The molecule has 2 aliphatic rings. The fourth-order valence-electron chi connectivity index (χ4n) is 4.07. The minimum Gasteiger partial charge on any atom is -0.390 e. The number of nitrogen functional groups attached to an aromatic ring is 1. The number of aliphatic hydroxyl groups is 1. The van der Waals surface area contributed by atoms with E-state index in [1.165, 1.54) is 6.07 Å². The number of amides is 1. The van der Waals surface area contributed by atoms with E-state index in [2.05, 4.69) is 9.97 Å². The van der Waals surface area contributed by atoms with Crippen LogP contribution in [0.5, 0.6) is 0 Å². The number of nitrogens with two attached hydrogens (primary N) is 1. The molecule has 8 nitrogen and oxygen atoms in total. The molecule has 3 heterocycles. The molecule has 4 rings (SSSR count). The first-order chi connectivity index (χ1) is 13.5. The maximum Gasteiger partial charge on any atom is 0.253 e. The number of benzene rings is 1. The third-order valence-corrected chi connectivity index (χ3v) is 5.70. The Bertz CT molecular complexity index is 917. The zero-order chi connectivity index (χ0) is 19.7. The summed E-state index contributed by atoms with van der Waals surface area (Å²) in [4.78, 5) is 32.7. The number of aromatic amines is 1. The van der Waals surface area contributed by atoms with E-state index in [4.69, 9.17) is 10.5 Å². The lowest BCUT2D eigenvalue weighted by Gasteiger charge is -2.46. The summed E-state index contributed by atoms with van der Waals surface area (Å²) in [5.74, 6) is 0.00194. The van der Waals surface area contributed by atoms with E-state index >= 15 is 0 Å². The first-order valence-electron chi connectivity index (χ1n) is 9.55. The second kappa shape index (κ2) is 7.37. The van der Waals surface area contributed by atoms with Crippen molar-refractivity contribution in [1.82, 2.24) is 14.9 Å². The zero-order valence-electron chi connectivity index (χ0n) is 15.6. The Balaban J connectivity index is 1.45. The molecular weight excluding hydrogens is 360 g/mol. The van der Waals surface area contributed by atoms with Gasteiger partial charge in [-0.2, -0.15) is 0 Å². The molecular formula is C20H24N4O4. The van der Waals surface area contributed by atoms with Crippen molar-refractivity contribution in [3.8, 4) is 11.3 Å². The van der Waals surface area contributed by atoms with Crippen molar-refractivity contribution < 1.29 is 14.6 Å². The van der Waals surface area contributed by atoms with Crippen molar-refractivity contribution >= 4 is 11.9 Å². The molecule has 1 aromatic carbocycles. The van der Waals surface area contributed by atoms with Crippen LogP contribution in [0.15, 0.2) is 35.1 Å². The Kier molecular flexibility index (Phi) is 4.91. The monoisotopic (exact) mass is 384 g/mol. The first-order valence-corrected chi connectivity index (χ1v) is 9.55. The Morgan fingerprint density at radius 3 is 2.64 bits per heavy atom. The van der Waals surface area contributed by atoms with E-state index in [1.54, 1.807) is 29.2 Å². The molecule has 2 aliphatic heterocycles. The van der Waals surface area contributed by atoms with Crippen molar-refractivity contribution in [2.24, 2.45) is 0 Å². The summed E-state index contributed by atoms with van der Waals surface area (Å²) in [6, 6.07) is 8.34. The summed E-state index contributed by atoms with van der Waals surface area (Å²) < 4.78 is 5.90. The predicted molar refractivity (Wildman–Crippen MR) is 104 cm³/mol. The second-order valence-electron chi connectivity index (χ2n) is 7.46. The van der Waals surface area contributed by atoms with E-state index in [0.717, 1.165) is 12.8 Å². The van der Waals surface area contributed by atoms with Gasteiger partial charge in [0.15, 0.2) is 0 Å². The quantitative estimate of drug-likeness (QED) is 0.714. The van der Waals surface area contributed by atoms with Crippen LogP contribution in [-0.4, -0.2) is 57.3 Å². The topological polar surface area (TPSA) is 122 Å². The largest absolute Gasteiger partial charge is 0.390 e. The van der Waals surface area contributed by atoms with E-state index in [0.29, 0.717) is 49.4 Å². The second-order valence-corrected chi connectivity index (χ2v) is 7.46. The number of hydrogen-bond acceptors (Lipinski definition) is 6. The van der Waals surface area contributed by atoms with Crippen molar-refractivity contribution in [3.05, 3.63) is 46.2 Å². The molecule has 0 bridgehead atoms. The summed E-state index contributed by atoms with van der Waals surface area (Å²) >= 11 is 0. The molecule has 0 saturated carbocycles. The van der Waals surface area contributed by atoms with Gasteiger partial charge in [-0.05, 0) is 37.8 Å². The molecule has 1 aromatic heterocycles. The van der Waals surface area contributed by atoms with Crippen molar-refractivity contribution in [2.75, 3.05) is 25.4 Å². The van der Waals surface area contributed by atoms with E-state index < -0.39 is 11.7 Å². The van der Waals surface area contributed by atoms with Crippen LogP contribution < -0.4 is 11.3 Å². The van der Waals surface area contributed by atoms with Crippen LogP contribution in [0.25, 0.3) is 11.3 Å². The molecule has 28 heavy (non-hydrogen) atoms. The highest BCUT2D eigenvalue weighted by atomic mass is 16.5. The van der Waals surface area contributed by atoms with Crippen LogP contribution in [0.4, 0.5) is 5.95 Å². The summed E-state index contributed by atoms with van der Waals surface area (Å²) in [7, 11) is 0. The average molecular weight is 384 g/mol. The highest BCUT2D eigenvalue weighted by Crippen LogP contribution is 2.35. The molecule has 4 N–H and O–H groups in total. The minimum atomic E-state index is -0.495. The number of carbonyl (C=O) groups excluding carboxylic acids is 1. The van der Waals surface area contributed by atoms with Crippen LogP contribution in [0.2, 0.25) is 0 Å². The number of nitrogens with one attached hydrogen (secondary N) is 1. The number of aromatic nitrogens is 2. The van der Waals surface area contributed by atoms with Crippen LogP contribution >= 0.6 is 0 Å². The number of H-pyrrole nitrogens is 1. The van der Waals surface area contributed by atoms with Crippen LogP contribution in [0.3, 0.4) is 0 Å². The zero-order valence-corrected chi connectivity index (χ0v) is 15.6. The Morgan fingerprint density at radius 2 is 2.00 bits per heavy atom. The van der Waals surface area contributed by atoms with Gasteiger partial charge in [-0.15, -0.1) is 0 Å². The average Bonchev–Trinajstić information content (AvgIpc) is 2.70. The van der Waals surface area contributed by atoms with Gasteiger partial charge in [-0.1, -0.05) is 12.1 Å². The summed E-state index contributed by atoms with van der Waals surface area (Å²) in [5.41, 5.74) is 6.52. The minimum absolute atomic E-state index is 0.0509. The Labute approximate surface area is 162 Å². The number of likely N-dealkylation sites (tertiary alicyclic amines) is 1. The normalized spacial score (nSPS) is 21.6. The van der Waals surface area contributed by atoms with E-state index in [1.807, 2.05) is 0 Å². The Morgan fingerprint density at radius 1 is 1.29 bits per heavy atom. The molecule has 0 unspecified atom stereocenters. The highest BCUT2D eigenvalue weighted by Gasteiger charge is 2.44. The molecule has 1 atom stereocenters. The van der Waals surface area contributed by atoms with Gasteiger partial charge in [-0.3, -0.25) is 14.6 Å². The maximum absolute atomic E-state index is 12.8. The summed E-state index contributed by atoms with van der Waals surface area (Å²) in [6.07, 6.45) is 2.48. The molecule has 0 radical (unpaired) electrons.